The van der Waals surface area contributed by atoms with E-state index < -0.39 is 12.3 Å². The Balaban J connectivity index is 2.62. The van der Waals surface area contributed by atoms with E-state index in [4.69, 9.17) is 4.74 Å². The fourth-order valence-electron chi connectivity index (χ4n) is 1.37. The van der Waals surface area contributed by atoms with Crippen molar-refractivity contribution in [3.63, 3.8) is 0 Å². The molecule has 0 amide bonds. The van der Waals surface area contributed by atoms with Crippen molar-refractivity contribution in [2.45, 2.75) is 6.29 Å². The molecule has 0 aliphatic carbocycles. The second-order valence-electron chi connectivity index (χ2n) is 2.68. The number of ether oxygens (including phenoxy) is 2. The van der Waals surface area contributed by atoms with Crippen LogP contribution >= 0.6 is 0 Å². The molecule has 0 bridgehead atoms. The Kier molecular flexibility index (Phi) is 1.70. The van der Waals surface area contributed by atoms with Crippen molar-refractivity contribution in [3.05, 3.63) is 29.3 Å². The molecule has 1 aliphatic rings. The lowest BCUT2D eigenvalue weighted by Crippen LogP contribution is -1.98. The molecule has 4 heteroatoms. The first-order valence-electron chi connectivity index (χ1n) is 3.80. The van der Waals surface area contributed by atoms with Crippen LogP contribution in [0.1, 0.15) is 22.2 Å². The summed E-state index contributed by atoms with van der Waals surface area (Å²) in [5.41, 5.74) is 0.779. The molecule has 0 fully saturated rings. The summed E-state index contributed by atoms with van der Waals surface area (Å²) in [5.74, 6) is -0.112. The first kappa shape index (κ1) is 8.07. The standard InChI is InChI=1S/C9H8O4/c1-12-6-4-2-3-5-7(6)9(11)13-8(5)10/h2-4,8,10H,1H3/t8-/m0/s1. The van der Waals surface area contributed by atoms with E-state index in [9.17, 15) is 9.90 Å². The average Bonchev–Trinajstić information content (AvgIpc) is 2.43. The van der Waals surface area contributed by atoms with E-state index in [1.807, 2.05) is 0 Å². The number of aliphatic hydroxyl groups is 1. The van der Waals surface area contributed by atoms with Gasteiger partial charge < -0.3 is 14.6 Å². The minimum Gasteiger partial charge on any atom is -0.496 e. The first-order valence-corrected chi connectivity index (χ1v) is 3.80. The number of rotatable bonds is 1. The van der Waals surface area contributed by atoms with Gasteiger partial charge >= 0.3 is 5.97 Å². The van der Waals surface area contributed by atoms with Crippen molar-refractivity contribution >= 4 is 5.97 Å². The molecule has 1 atom stereocenters. The SMILES string of the molecule is COc1cccc2c1C(=O)O[C@@H]2O. The fraction of sp³-hybridized carbons (Fsp3) is 0.222. The highest BCUT2D eigenvalue weighted by Gasteiger charge is 2.32. The summed E-state index contributed by atoms with van der Waals surface area (Å²) in [7, 11) is 1.47. The van der Waals surface area contributed by atoms with Crippen molar-refractivity contribution in [2.24, 2.45) is 0 Å². The summed E-state index contributed by atoms with van der Waals surface area (Å²) in [6.45, 7) is 0. The molecule has 1 heterocycles. The van der Waals surface area contributed by atoms with Crippen molar-refractivity contribution < 1.29 is 19.4 Å². The van der Waals surface area contributed by atoms with Crippen molar-refractivity contribution in [1.82, 2.24) is 0 Å². The molecule has 13 heavy (non-hydrogen) atoms. The normalized spacial score (nSPS) is 19.5. The van der Waals surface area contributed by atoms with E-state index in [1.54, 1.807) is 18.2 Å². The van der Waals surface area contributed by atoms with E-state index in [0.717, 1.165) is 0 Å². The van der Waals surface area contributed by atoms with Crippen LogP contribution in [0.15, 0.2) is 18.2 Å². The van der Waals surface area contributed by atoms with Crippen LogP contribution < -0.4 is 4.74 Å². The molecule has 0 saturated heterocycles. The predicted molar refractivity (Wildman–Crippen MR) is 43.4 cm³/mol. The third-order valence-electron chi connectivity index (χ3n) is 1.97. The van der Waals surface area contributed by atoms with Gasteiger partial charge in [0.1, 0.15) is 11.3 Å². The van der Waals surface area contributed by atoms with Crippen LogP contribution in [-0.4, -0.2) is 18.2 Å². The summed E-state index contributed by atoms with van der Waals surface area (Å²) < 4.78 is 9.57. The van der Waals surface area contributed by atoms with Crippen LogP contribution in [0.4, 0.5) is 0 Å². The minimum atomic E-state index is -1.16. The van der Waals surface area contributed by atoms with Crippen LogP contribution in [-0.2, 0) is 4.74 Å². The molecule has 2 rings (SSSR count). The van der Waals surface area contributed by atoms with Gasteiger partial charge in [-0.05, 0) is 6.07 Å². The predicted octanol–water partition coefficient (Wildman–Crippen LogP) is 0.856. The van der Waals surface area contributed by atoms with E-state index in [-0.39, 0.29) is 0 Å². The molecule has 0 aromatic heterocycles. The second-order valence-corrected chi connectivity index (χ2v) is 2.68. The van der Waals surface area contributed by atoms with Gasteiger partial charge in [-0.25, -0.2) is 4.79 Å². The van der Waals surface area contributed by atoms with Gasteiger partial charge in [0.05, 0.1) is 7.11 Å². The van der Waals surface area contributed by atoms with Gasteiger partial charge in [0.2, 0.25) is 6.29 Å². The van der Waals surface area contributed by atoms with E-state index in [0.29, 0.717) is 16.9 Å². The highest BCUT2D eigenvalue weighted by Crippen LogP contribution is 2.34. The Morgan fingerprint density at radius 1 is 1.54 bits per heavy atom. The van der Waals surface area contributed by atoms with Gasteiger partial charge in [-0.1, -0.05) is 12.1 Å². The minimum absolute atomic E-state index is 0.317. The number of carbonyl (C=O) groups is 1. The summed E-state index contributed by atoms with van der Waals surface area (Å²) in [6, 6.07) is 4.98. The third kappa shape index (κ3) is 1.07. The summed E-state index contributed by atoms with van der Waals surface area (Å²) in [6.07, 6.45) is -1.16. The molecule has 1 aromatic rings. The van der Waals surface area contributed by atoms with Gasteiger partial charge in [0, 0.05) is 5.56 Å². The highest BCUT2D eigenvalue weighted by molar-refractivity contribution is 5.96. The number of carbonyl (C=O) groups excluding carboxylic acids is 1. The Bertz CT molecular complexity index is 359. The molecular weight excluding hydrogens is 172 g/mol. The van der Waals surface area contributed by atoms with Crippen LogP contribution in [0.3, 0.4) is 0 Å². The van der Waals surface area contributed by atoms with Gasteiger partial charge in [-0.2, -0.15) is 0 Å². The van der Waals surface area contributed by atoms with Crippen LogP contribution in [0, 0.1) is 0 Å². The number of hydrogen-bond donors (Lipinski definition) is 1. The molecule has 0 radical (unpaired) electrons. The van der Waals surface area contributed by atoms with E-state index in [1.165, 1.54) is 7.11 Å². The Hall–Kier alpha value is -1.55. The first-order chi connectivity index (χ1) is 6.24. The third-order valence-corrected chi connectivity index (χ3v) is 1.97. The maximum absolute atomic E-state index is 11.2. The van der Waals surface area contributed by atoms with E-state index in [2.05, 4.69) is 4.74 Å². The molecule has 0 saturated carbocycles. The van der Waals surface area contributed by atoms with Crippen molar-refractivity contribution in [3.8, 4) is 5.75 Å². The second kappa shape index (κ2) is 2.74. The zero-order chi connectivity index (χ0) is 9.42. The number of hydrogen-bond acceptors (Lipinski definition) is 4. The lowest BCUT2D eigenvalue weighted by Gasteiger charge is -2.02. The molecule has 1 aromatic carbocycles. The van der Waals surface area contributed by atoms with Gasteiger partial charge in [-0.15, -0.1) is 0 Å². The van der Waals surface area contributed by atoms with Crippen molar-refractivity contribution in [2.75, 3.05) is 7.11 Å². The number of benzene rings is 1. The number of esters is 1. The summed E-state index contributed by atoms with van der Waals surface area (Å²) >= 11 is 0. The van der Waals surface area contributed by atoms with Gasteiger partial charge in [0.25, 0.3) is 0 Å². The topological polar surface area (TPSA) is 55.8 Å². The summed E-state index contributed by atoms with van der Waals surface area (Å²) in [5, 5.41) is 9.27. The monoisotopic (exact) mass is 180 g/mol. The van der Waals surface area contributed by atoms with E-state index >= 15 is 0 Å². The highest BCUT2D eigenvalue weighted by atomic mass is 16.6. The Morgan fingerprint density at radius 2 is 2.31 bits per heavy atom. The number of cyclic esters (lactones) is 1. The molecule has 0 spiro atoms. The van der Waals surface area contributed by atoms with Crippen LogP contribution in [0.5, 0.6) is 5.75 Å². The lowest BCUT2D eigenvalue weighted by atomic mass is 10.1. The van der Waals surface area contributed by atoms with Crippen LogP contribution in [0.25, 0.3) is 0 Å². The van der Waals surface area contributed by atoms with Gasteiger partial charge in [0.15, 0.2) is 0 Å². The zero-order valence-electron chi connectivity index (χ0n) is 6.98. The molecule has 68 valence electrons. The molecule has 1 N–H and O–H groups in total. The Morgan fingerprint density at radius 3 is 3.00 bits per heavy atom. The average molecular weight is 180 g/mol. The lowest BCUT2D eigenvalue weighted by molar-refractivity contribution is -0.0547. The van der Waals surface area contributed by atoms with Crippen LogP contribution in [0.2, 0.25) is 0 Å². The molecule has 0 unspecified atom stereocenters. The smallest absolute Gasteiger partial charge is 0.345 e. The largest absolute Gasteiger partial charge is 0.496 e. The van der Waals surface area contributed by atoms with Crippen molar-refractivity contribution in [1.29, 1.82) is 0 Å². The molecular formula is C9H8O4. The number of aliphatic hydroxyl groups excluding tert-OH is 1. The van der Waals surface area contributed by atoms with Gasteiger partial charge in [-0.3, -0.25) is 0 Å². The Labute approximate surface area is 74.7 Å². The quantitative estimate of drug-likeness (QED) is 0.651. The molecule has 1 aliphatic heterocycles. The zero-order valence-corrected chi connectivity index (χ0v) is 6.98. The number of fused-ring (bicyclic) bond motifs is 1. The summed E-state index contributed by atoms with van der Waals surface area (Å²) in [4.78, 5) is 11.2. The molecule has 4 nitrogen and oxygen atoms in total. The fourth-order valence-corrected chi connectivity index (χ4v) is 1.37. The maximum Gasteiger partial charge on any atom is 0.345 e. The number of methoxy groups -OCH3 is 1. The maximum atomic E-state index is 11.2.